The van der Waals surface area contributed by atoms with Gasteiger partial charge >= 0.3 is 0 Å². The van der Waals surface area contributed by atoms with Crippen LogP contribution in [0.1, 0.15) is 53.9 Å². The van der Waals surface area contributed by atoms with Gasteiger partial charge in [0.25, 0.3) is 0 Å². The summed E-state index contributed by atoms with van der Waals surface area (Å²) in [6.45, 7) is 0.320. The predicted molar refractivity (Wildman–Crippen MR) is 119 cm³/mol. The lowest BCUT2D eigenvalue weighted by Crippen LogP contribution is -2.38. The topological polar surface area (TPSA) is 72.2 Å². The van der Waals surface area contributed by atoms with Gasteiger partial charge in [0.15, 0.2) is 0 Å². The minimum atomic E-state index is -3.23. The maximum absolute atomic E-state index is 12.3. The Bertz CT molecular complexity index is 1010. The maximum Gasteiger partial charge on any atom is 0.214 e. The van der Waals surface area contributed by atoms with E-state index in [1.807, 2.05) is 24.3 Å². The summed E-state index contributed by atoms with van der Waals surface area (Å²) in [7, 11) is -3.23. The van der Waals surface area contributed by atoms with Crippen molar-refractivity contribution in [1.82, 2.24) is 4.72 Å². The second-order valence-corrected chi connectivity index (χ2v) is 11.1. The van der Waals surface area contributed by atoms with Gasteiger partial charge in [-0.2, -0.15) is 0 Å². The van der Waals surface area contributed by atoms with Crippen LogP contribution in [0.15, 0.2) is 36.4 Å². The molecule has 1 saturated carbocycles. The number of benzene rings is 2. The van der Waals surface area contributed by atoms with Crippen molar-refractivity contribution in [3.63, 3.8) is 0 Å². The lowest BCUT2D eigenvalue weighted by atomic mass is 9.76. The van der Waals surface area contributed by atoms with Gasteiger partial charge in [-0.05, 0) is 66.5 Å². The van der Waals surface area contributed by atoms with Crippen LogP contribution >= 0.6 is 23.2 Å². The van der Waals surface area contributed by atoms with Crippen LogP contribution in [0, 0.1) is 0 Å². The van der Waals surface area contributed by atoms with Crippen molar-refractivity contribution in [3.05, 3.63) is 68.7 Å². The van der Waals surface area contributed by atoms with E-state index < -0.39 is 10.0 Å². The van der Waals surface area contributed by atoms with E-state index in [2.05, 4.69) is 16.9 Å². The fourth-order valence-electron chi connectivity index (χ4n) is 4.25. The molecule has 2 aromatic carbocycles. The zero-order valence-electron chi connectivity index (χ0n) is 16.2. The Balaban J connectivity index is 1.54. The smallest absolute Gasteiger partial charge is 0.214 e. The number of nitrogens with one attached hydrogen (secondary N) is 1. The van der Waals surface area contributed by atoms with Gasteiger partial charge < -0.3 is 5.73 Å². The molecule has 2 aliphatic rings. The molecule has 0 aliphatic heterocycles. The molecule has 0 aromatic heterocycles. The van der Waals surface area contributed by atoms with E-state index in [0.717, 1.165) is 49.7 Å². The first-order valence-electron chi connectivity index (χ1n) is 10.1. The molecule has 156 valence electrons. The summed E-state index contributed by atoms with van der Waals surface area (Å²) in [5, 5.41) is 0.869. The summed E-state index contributed by atoms with van der Waals surface area (Å²) in [6.07, 6.45) is 5.19. The molecule has 0 amide bonds. The number of hydrogen-bond acceptors (Lipinski definition) is 3. The number of rotatable bonds is 6. The number of nitrogens with two attached hydrogens (primary N) is 1. The van der Waals surface area contributed by atoms with Gasteiger partial charge in [0.05, 0.1) is 15.3 Å². The largest absolute Gasteiger partial charge is 0.327 e. The van der Waals surface area contributed by atoms with E-state index in [1.165, 1.54) is 11.1 Å². The Morgan fingerprint density at radius 2 is 1.76 bits per heavy atom. The fourth-order valence-corrected chi connectivity index (χ4v) is 6.12. The summed E-state index contributed by atoms with van der Waals surface area (Å²) in [5.74, 6) is 0.166. The number of hydrogen-bond donors (Lipinski definition) is 2. The third kappa shape index (κ3) is 4.64. The van der Waals surface area contributed by atoms with Gasteiger partial charge in [0, 0.05) is 18.5 Å². The molecule has 0 saturated heterocycles. The van der Waals surface area contributed by atoms with E-state index in [-0.39, 0.29) is 17.2 Å². The van der Waals surface area contributed by atoms with E-state index >= 15 is 0 Å². The van der Waals surface area contributed by atoms with E-state index in [4.69, 9.17) is 28.9 Å². The molecule has 2 unspecified atom stereocenters. The van der Waals surface area contributed by atoms with E-state index in [0.29, 0.717) is 16.6 Å². The highest BCUT2D eigenvalue weighted by Gasteiger charge is 2.31. The fraction of sp³-hybridized carbons (Fsp3) is 0.455. The summed E-state index contributed by atoms with van der Waals surface area (Å²) in [6, 6.07) is 12.0. The highest BCUT2D eigenvalue weighted by atomic mass is 35.5. The molecule has 0 bridgehead atoms. The Hall–Kier alpha value is -1.11. The first kappa shape index (κ1) is 21.1. The summed E-state index contributed by atoms with van der Waals surface area (Å²) in [4.78, 5) is 0. The average Bonchev–Trinajstić information content (AvgIpc) is 2.63. The van der Waals surface area contributed by atoms with Gasteiger partial charge in [0.1, 0.15) is 0 Å². The zero-order valence-corrected chi connectivity index (χ0v) is 18.5. The first-order chi connectivity index (χ1) is 13.8. The van der Waals surface area contributed by atoms with Crippen LogP contribution in [-0.2, 0) is 29.4 Å². The maximum atomic E-state index is 12.3. The normalized spacial score (nSPS) is 22.2. The van der Waals surface area contributed by atoms with Crippen molar-refractivity contribution in [2.24, 2.45) is 5.73 Å². The molecule has 3 N–H and O–H groups in total. The molecule has 0 radical (unpaired) electrons. The van der Waals surface area contributed by atoms with Crippen LogP contribution in [0.3, 0.4) is 0 Å². The molecule has 4 nitrogen and oxygen atoms in total. The van der Waals surface area contributed by atoms with E-state index in [9.17, 15) is 8.42 Å². The first-order valence-corrected chi connectivity index (χ1v) is 12.4. The second-order valence-electron chi connectivity index (χ2n) is 8.21. The molecule has 2 atom stereocenters. The average molecular weight is 453 g/mol. The lowest BCUT2D eigenvalue weighted by Gasteiger charge is -2.32. The highest BCUT2D eigenvalue weighted by molar-refractivity contribution is 7.90. The van der Waals surface area contributed by atoms with Crippen LogP contribution in [-0.4, -0.2) is 19.7 Å². The molecule has 29 heavy (non-hydrogen) atoms. The lowest BCUT2D eigenvalue weighted by molar-refractivity contribution is 0.465. The number of sulfonamides is 1. The molecule has 7 heteroatoms. The van der Waals surface area contributed by atoms with Gasteiger partial charge in [0.2, 0.25) is 10.0 Å². The Morgan fingerprint density at radius 3 is 2.45 bits per heavy atom. The van der Waals surface area contributed by atoms with E-state index in [1.54, 1.807) is 0 Å². The minimum absolute atomic E-state index is 0.0545. The van der Waals surface area contributed by atoms with Crippen LogP contribution in [0.25, 0.3) is 0 Å². The van der Waals surface area contributed by atoms with Crippen molar-refractivity contribution < 1.29 is 8.42 Å². The van der Waals surface area contributed by atoms with Crippen molar-refractivity contribution in [2.75, 3.05) is 0 Å². The Labute approximate surface area is 182 Å². The van der Waals surface area contributed by atoms with Crippen molar-refractivity contribution >= 4 is 33.2 Å². The summed E-state index contributed by atoms with van der Waals surface area (Å²) in [5.41, 5.74) is 11.1. The van der Waals surface area contributed by atoms with Crippen molar-refractivity contribution in [3.8, 4) is 0 Å². The monoisotopic (exact) mass is 452 g/mol. The molecule has 1 fully saturated rings. The summed E-state index contributed by atoms with van der Waals surface area (Å²) < 4.78 is 27.5. The van der Waals surface area contributed by atoms with Gasteiger partial charge in [-0.1, -0.05) is 53.9 Å². The van der Waals surface area contributed by atoms with Crippen LogP contribution < -0.4 is 10.5 Å². The minimum Gasteiger partial charge on any atom is -0.327 e. The second kappa shape index (κ2) is 8.56. The quantitative estimate of drug-likeness (QED) is 0.674. The molecule has 0 spiro atoms. The van der Waals surface area contributed by atoms with Gasteiger partial charge in [-0.25, -0.2) is 13.1 Å². The number of fused-ring (bicyclic) bond motifs is 1. The molecule has 4 rings (SSSR count). The molecular weight excluding hydrogens is 427 g/mol. The number of aryl methyl sites for hydroxylation is 1. The molecule has 2 aliphatic carbocycles. The van der Waals surface area contributed by atoms with Crippen LogP contribution in [0.5, 0.6) is 0 Å². The summed E-state index contributed by atoms with van der Waals surface area (Å²) >= 11 is 12.2. The van der Waals surface area contributed by atoms with Crippen LogP contribution in [0.2, 0.25) is 10.0 Å². The highest BCUT2D eigenvalue weighted by Crippen LogP contribution is 2.35. The molecule has 0 heterocycles. The predicted octanol–water partition coefficient (Wildman–Crippen LogP) is 4.57. The van der Waals surface area contributed by atoms with Crippen LogP contribution in [0.4, 0.5) is 0 Å². The molecule has 2 aromatic rings. The third-order valence-electron chi connectivity index (χ3n) is 6.28. The van der Waals surface area contributed by atoms with Crippen molar-refractivity contribution in [1.29, 1.82) is 0 Å². The SMILES string of the molecule is NC1CCc2ccc(CNS(=O)(=O)C3CCC3)cc2C1Cc1ccc(Cl)c(Cl)c1. The number of halogens is 2. The standard InChI is InChI=1S/C22H26Cl2N2O2S/c23-20-8-5-14(12-21(20)24)10-19-18-11-15(4-6-16(18)7-9-22(19)25)13-26-29(27,28)17-2-1-3-17/h4-6,8,11-12,17,19,22,26H,1-3,7,9-10,13,25H2. The van der Waals surface area contributed by atoms with Gasteiger partial charge in [-0.3, -0.25) is 0 Å². The third-order valence-corrected chi connectivity index (χ3v) is 8.92. The zero-order chi connectivity index (χ0) is 20.6. The molecular formula is C22H26Cl2N2O2S. The Morgan fingerprint density at radius 1 is 1.00 bits per heavy atom. The Kier molecular flexibility index (Phi) is 6.24. The van der Waals surface area contributed by atoms with Gasteiger partial charge in [-0.15, -0.1) is 0 Å². The van der Waals surface area contributed by atoms with Crippen molar-refractivity contribution in [2.45, 2.75) is 62.3 Å².